The normalized spacial score (nSPS) is 17.6. The van der Waals surface area contributed by atoms with E-state index >= 15 is 0 Å². The fourth-order valence-electron chi connectivity index (χ4n) is 1.60. The van der Waals surface area contributed by atoms with Gasteiger partial charge < -0.3 is 5.73 Å². The van der Waals surface area contributed by atoms with E-state index in [1.165, 1.54) is 0 Å². The van der Waals surface area contributed by atoms with Crippen molar-refractivity contribution in [1.82, 2.24) is 4.90 Å². The van der Waals surface area contributed by atoms with Crippen LogP contribution in [0.2, 0.25) is 10.0 Å². The fourth-order valence-corrected chi connectivity index (χ4v) is 2.81. The number of nitrogens with two attached hydrogens (primary N) is 1. The van der Waals surface area contributed by atoms with Gasteiger partial charge in [0.2, 0.25) is 0 Å². The van der Waals surface area contributed by atoms with Crippen molar-refractivity contribution >= 4 is 52.2 Å². The third kappa shape index (κ3) is 2.95. The highest BCUT2D eigenvalue weighted by atomic mass is 35.5. The first-order valence-corrected chi connectivity index (χ1v) is 7.01. The zero-order chi connectivity index (χ0) is 14.0. The molecule has 1 aromatic rings. The quantitative estimate of drug-likeness (QED) is 0.871. The summed E-state index contributed by atoms with van der Waals surface area (Å²) < 4.78 is 0. The summed E-state index contributed by atoms with van der Waals surface area (Å²) in [6, 6.07) is 5.11. The molecule has 0 bridgehead atoms. The molecule has 0 atom stereocenters. The molecule has 19 heavy (non-hydrogen) atoms. The number of hydrogen-bond donors (Lipinski definition) is 1. The Kier molecular flexibility index (Phi) is 4.52. The number of nitrogens with zero attached hydrogens (tertiary/aromatic N) is 1. The van der Waals surface area contributed by atoms with E-state index in [4.69, 9.17) is 28.9 Å². The minimum atomic E-state index is -0.350. The zero-order valence-electron chi connectivity index (χ0n) is 9.73. The van der Waals surface area contributed by atoms with E-state index in [-0.39, 0.29) is 24.2 Å². The Morgan fingerprint density at radius 1 is 1.32 bits per heavy atom. The van der Waals surface area contributed by atoms with Crippen molar-refractivity contribution in [2.45, 2.75) is 0 Å². The molecular formula is C12H10Cl2N2O2S. The van der Waals surface area contributed by atoms with Gasteiger partial charge in [0.25, 0.3) is 11.1 Å². The zero-order valence-corrected chi connectivity index (χ0v) is 12.1. The Bertz CT molecular complexity index is 575. The summed E-state index contributed by atoms with van der Waals surface area (Å²) in [5, 5.41) is 0.436. The maximum atomic E-state index is 12.0. The Balaban J connectivity index is 2.32. The Hall–Kier alpha value is -1.01. The lowest BCUT2D eigenvalue weighted by Gasteiger charge is -2.09. The van der Waals surface area contributed by atoms with Crippen LogP contribution in [-0.4, -0.2) is 29.1 Å². The van der Waals surface area contributed by atoms with Crippen LogP contribution in [0.4, 0.5) is 4.79 Å². The maximum absolute atomic E-state index is 12.0. The van der Waals surface area contributed by atoms with E-state index in [1.807, 2.05) is 0 Å². The topological polar surface area (TPSA) is 63.4 Å². The second kappa shape index (κ2) is 5.96. The fraction of sp³-hybridized carbons (Fsp3) is 0.167. The number of thioether (sulfide) groups is 1. The lowest BCUT2D eigenvalue weighted by molar-refractivity contribution is -0.122. The van der Waals surface area contributed by atoms with Gasteiger partial charge in [-0.15, -0.1) is 0 Å². The van der Waals surface area contributed by atoms with Gasteiger partial charge in [-0.25, -0.2) is 0 Å². The average Bonchev–Trinajstić information content (AvgIpc) is 2.63. The molecule has 7 heteroatoms. The number of carbonyl (C=O) groups is 2. The Morgan fingerprint density at radius 3 is 2.74 bits per heavy atom. The highest BCUT2D eigenvalue weighted by Crippen LogP contribution is 2.34. The molecule has 1 heterocycles. The van der Waals surface area contributed by atoms with Crippen molar-refractivity contribution in [3.63, 3.8) is 0 Å². The summed E-state index contributed by atoms with van der Waals surface area (Å²) in [4.78, 5) is 25.1. The predicted molar refractivity (Wildman–Crippen MR) is 78.2 cm³/mol. The molecular weight excluding hydrogens is 307 g/mol. The van der Waals surface area contributed by atoms with Crippen molar-refractivity contribution < 1.29 is 9.59 Å². The SMILES string of the molecule is NCCN1C(=O)S/C(=C\c2cccc(Cl)c2Cl)C1=O. The molecule has 1 aliphatic heterocycles. The standard InChI is InChI=1S/C12H10Cl2N2O2S/c13-8-3-1-2-7(10(8)14)6-9-11(17)16(5-4-15)12(18)19-9/h1-3,6H,4-5,15H2/b9-6-. The molecule has 0 spiro atoms. The third-order valence-electron chi connectivity index (χ3n) is 2.49. The van der Waals surface area contributed by atoms with Gasteiger partial charge in [0, 0.05) is 13.1 Å². The summed E-state index contributed by atoms with van der Waals surface area (Å²) >= 11 is 12.8. The van der Waals surface area contributed by atoms with Gasteiger partial charge in [-0.05, 0) is 29.5 Å². The van der Waals surface area contributed by atoms with E-state index in [0.29, 0.717) is 20.5 Å². The first-order valence-electron chi connectivity index (χ1n) is 5.44. The molecule has 2 N–H and O–H groups in total. The van der Waals surface area contributed by atoms with Crippen LogP contribution in [0.15, 0.2) is 23.1 Å². The van der Waals surface area contributed by atoms with E-state index < -0.39 is 0 Å². The molecule has 0 saturated carbocycles. The molecule has 1 saturated heterocycles. The second-order valence-electron chi connectivity index (χ2n) is 3.77. The molecule has 0 aliphatic carbocycles. The number of hydrogen-bond acceptors (Lipinski definition) is 4. The van der Waals surface area contributed by atoms with Crippen LogP contribution in [0.3, 0.4) is 0 Å². The third-order valence-corrected chi connectivity index (χ3v) is 4.24. The molecule has 1 fully saturated rings. The van der Waals surface area contributed by atoms with Crippen LogP contribution >= 0.6 is 35.0 Å². The summed E-state index contributed by atoms with van der Waals surface area (Å²) in [6.45, 7) is 0.453. The van der Waals surface area contributed by atoms with Crippen molar-refractivity contribution in [1.29, 1.82) is 0 Å². The number of benzene rings is 1. The van der Waals surface area contributed by atoms with Gasteiger partial charge in [0.15, 0.2) is 0 Å². The molecule has 1 aliphatic rings. The summed E-state index contributed by atoms with van der Waals surface area (Å²) in [5.74, 6) is -0.350. The van der Waals surface area contributed by atoms with E-state index in [0.717, 1.165) is 16.7 Å². The summed E-state index contributed by atoms with van der Waals surface area (Å²) in [6.07, 6.45) is 1.57. The minimum Gasteiger partial charge on any atom is -0.329 e. The average molecular weight is 317 g/mol. The highest BCUT2D eigenvalue weighted by Gasteiger charge is 2.34. The number of imide groups is 1. The van der Waals surface area contributed by atoms with Crippen LogP contribution < -0.4 is 5.73 Å². The van der Waals surface area contributed by atoms with Crippen LogP contribution in [0.1, 0.15) is 5.56 Å². The van der Waals surface area contributed by atoms with E-state index in [1.54, 1.807) is 24.3 Å². The molecule has 2 amide bonds. The number of amides is 2. The first-order chi connectivity index (χ1) is 9.04. The molecule has 0 unspecified atom stereocenters. The van der Waals surface area contributed by atoms with Gasteiger partial charge in [0.1, 0.15) is 0 Å². The van der Waals surface area contributed by atoms with Gasteiger partial charge in [0.05, 0.1) is 15.0 Å². The van der Waals surface area contributed by atoms with Gasteiger partial charge >= 0.3 is 0 Å². The minimum absolute atomic E-state index is 0.214. The molecule has 1 aromatic carbocycles. The van der Waals surface area contributed by atoms with Crippen molar-refractivity contribution in [2.24, 2.45) is 5.73 Å². The summed E-state index contributed by atoms with van der Waals surface area (Å²) in [7, 11) is 0. The van der Waals surface area contributed by atoms with Crippen molar-refractivity contribution in [3.8, 4) is 0 Å². The van der Waals surface area contributed by atoms with E-state index in [2.05, 4.69) is 0 Å². The highest BCUT2D eigenvalue weighted by molar-refractivity contribution is 8.18. The lowest BCUT2D eigenvalue weighted by Crippen LogP contribution is -2.33. The molecule has 0 radical (unpaired) electrons. The molecule has 0 aromatic heterocycles. The first kappa shape index (κ1) is 14.4. The molecule has 4 nitrogen and oxygen atoms in total. The molecule has 100 valence electrons. The smallest absolute Gasteiger partial charge is 0.293 e. The van der Waals surface area contributed by atoms with Crippen LogP contribution in [0, 0.1) is 0 Å². The second-order valence-corrected chi connectivity index (χ2v) is 5.54. The van der Waals surface area contributed by atoms with Crippen molar-refractivity contribution in [2.75, 3.05) is 13.1 Å². The maximum Gasteiger partial charge on any atom is 0.293 e. The summed E-state index contributed by atoms with van der Waals surface area (Å²) in [5.41, 5.74) is 5.97. The number of rotatable bonds is 3. The van der Waals surface area contributed by atoms with Gasteiger partial charge in [-0.2, -0.15) is 0 Å². The van der Waals surface area contributed by atoms with E-state index in [9.17, 15) is 9.59 Å². The monoisotopic (exact) mass is 316 g/mol. The Morgan fingerprint density at radius 2 is 2.05 bits per heavy atom. The lowest BCUT2D eigenvalue weighted by atomic mass is 10.2. The largest absolute Gasteiger partial charge is 0.329 e. The van der Waals surface area contributed by atoms with Gasteiger partial charge in [-0.3, -0.25) is 14.5 Å². The molecule has 2 rings (SSSR count). The number of carbonyl (C=O) groups excluding carboxylic acids is 2. The number of halogens is 2. The Labute approximate surface area is 124 Å². The van der Waals surface area contributed by atoms with Crippen LogP contribution in [-0.2, 0) is 4.79 Å². The van der Waals surface area contributed by atoms with Gasteiger partial charge in [-0.1, -0.05) is 35.3 Å². The predicted octanol–water partition coefficient (Wildman–Crippen LogP) is 2.99. The van der Waals surface area contributed by atoms with Crippen molar-refractivity contribution in [3.05, 3.63) is 38.7 Å². The van der Waals surface area contributed by atoms with Crippen LogP contribution in [0.25, 0.3) is 6.08 Å². The van der Waals surface area contributed by atoms with Crippen LogP contribution in [0.5, 0.6) is 0 Å².